The number of benzene rings is 2. The molecule has 0 fully saturated rings. The van der Waals surface area contributed by atoms with Crippen molar-refractivity contribution in [2.24, 2.45) is 5.73 Å². The molecular weight excluding hydrogens is 332 g/mol. The van der Waals surface area contributed by atoms with E-state index < -0.39 is 5.91 Å². The van der Waals surface area contributed by atoms with Crippen LogP contribution in [-0.2, 0) is 17.8 Å². The molecule has 26 heavy (non-hydrogen) atoms. The van der Waals surface area contributed by atoms with Crippen molar-refractivity contribution in [3.63, 3.8) is 0 Å². The monoisotopic (exact) mass is 356 g/mol. The Morgan fingerprint density at radius 3 is 2.27 bits per heavy atom. The van der Waals surface area contributed by atoms with Crippen LogP contribution in [0.2, 0.25) is 0 Å². The predicted octanol–water partition coefficient (Wildman–Crippen LogP) is 2.39. The number of ether oxygens (including phenoxy) is 2. The molecule has 0 saturated carbocycles. The minimum absolute atomic E-state index is 0.135. The first-order valence-corrected chi connectivity index (χ1v) is 8.37. The molecule has 2 rings (SSSR count). The van der Waals surface area contributed by atoms with Gasteiger partial charge in [-0.25, -0.2) is 0 Å². The van der Waals surface area contributed by atoms with E-state index in [2.05, 4.69) is 19.1 Å². The summed E-state index contributed by atoms with van der Waals surface area (Å²) in [6.07, 6.45) is 0.985. The highest BCUT2D eigenvalue weighted by molar-refractivity contribution is 5.94. The molecule has 0 aliphatic carbocycles. The van der Waals surface area contributed by atoms with Crippen LogP contribution in [0.3, 0.4) is 0 Å². The van der Waals surface area contributed by atoms with Gasteiger partial charge in [-0.2, -0.15) is 0 Å². The SMILES string of the molecule is CCc1ccc(CN(C)C(=O)c2ccc(OCC(N)=O)c(OC)c2)cc1. The van der Waals surface area contributed by atoms with Crippen molar-refractivity contribution < 1.29 is 19.1 Å². The van der Waals surface area contributed by atoms with E-state index in [9.17, 15) is 9.59 Å². The summed E-state index contributed by atoms with van der Waals surface area (Å²) in [6.45, 7) is 2.36. The van der Waals surface area contributed by atoms with Gasteiger partial charge < -0.3 is 20.1 Å². The van der Waals surface area contributed by atoms with E-state index in [-0.39, 0.29) is 12.5 Å². The van der Waals surface area contributed by atoms with Gasteiger partial charge in [0.15, 0.2) is 18.1 Å². The number of aryl methyl sites for hydroxylation is 1. The molecule has 138 valence electrons. The lowest BCUT2D eigenvalue weighted by Gasteiger charge is -2.18. The van der Waals surface area contributed by atoms with Crippen molar-refractivity contribution in [3.8, 4) is 11.5 Å². The van der Waals surface area contributed by atoms with Gasteiger partial charge in [-0.15, -0.1) is 0 Å². The molecule has 2 aromatic carbocycles. The second-order valence-electron chi connectivity index (χ2n) is 5.95. The smallest absolute Gasteiger partial charge is 0.255 e. The number of hydrogen-bond donors (Lipinski definition) is 1. The maximum Gasteiger partial charge on any atom is 0.255 e. The van der Waals surface area contributed by atoms with Crippen molar-refractivity contribution in [3.05, 3.63) is 59.2 Å². The maximum atomic E-state index is 12.7. The molecule has 0 saturated heterocycles. The van der Waals surface area contributed by atoms with Gasteiger partial charge in [0.2, 0.25) is 0 Å². The van der Waals surface area contributed by atoms with Crippen LogP contribution in [-0.4, -0.2) is 37.5 Å². The zero-order valence-corrected chi connectivity index (χ0v) is 15.3. The molecule has 0 aromatic heterocycles. The first-order valence-electron chi connectivity index (χ1n) is 8.37. The molecule has 6 nitrogen and oxygen atoms in total. The standard InChI is InChI=1S/C20H24N2O4/c1-4-14-5-7-15(8-6-14)12-22(2)20(24)16-9-10-17(18(11-16)25-3)26-13-19(21)23/h5-11H,4,12-13H2,1-3H3,(H2,21,23). The first kappa shape index (κ1) is 19.3. The normalized spacial score (nSPS) is 10.3. The molecule has 0 heterocycles. The molecular formula is C20H24N2O4. The molecule has 0 spiro atoms. The zero-order valence-electron chi connectivity index (χ0n) is 15.3. The van der Waals surface area contributed by atoms with Crippen LogP contribution in [0.25, 0.3) is 0 Å². The Labute approximate surface area is 153 Å². The van der Waals surface area contributed by atoms with Gasteiger partial charge >= 0.3 is 0 Å². The number of rotatable bonds is 8. The molecule has 0 aliphatic heterocycles. The minimum atomic E-state index is -0.582. The van der Waals surface area contributed by atoms with Crippen LogP contribution in [0.4, 0.5) is 0 Å². The van der Waals surface area contributed by atoms with Crippen molar-refractivity contribution in [2.45, 2.75) is 19.9 Å². The van der Waals surface area contributed by atoms with Crippen molar-refractivity contribution in [2.75, 3.05) is 20.8 Å². The summed E-state index contributed by atoms with van der Waals surface area (Å²) in [7, 11) is 3.22. The highest BCUT2D eigenvalue weighted by Gasteiger charge is 2.15. The lowest BCUT2D eigenvalue weighted by Crippen LogP contribution is -2.26. The molecule has 2 amide bonds. The molecule has 0 unspecified atom stereocenters. The van der Waals surface area contributed by atoms with Crippen LogP contribution in [0.15, 0.2) is 42.5 Å². The fourth-order valence-corrected chi connectivity index (χ4v) is 2.52. The summed E-state index contributed by atoms with van der Waals surface area (Å²) < 4.78 is 10.5. The van der Waals surface area contributed by atoms with E-state index in [4.69, 9.17) is 15.2 Å². The minimum Gasteiger partial charge on any atom is -0.493 e. The molecule has 0 atom stereocenters. The molecule has 0 aliphatic rings. The third kappa shape index (κ3) is 4.99. The highest BCUT2D eigenvalue weighted by Crippen LogP contribution is 2.28. The summed E-state index contributed by atoms with van der Waals surface area (Å²) >= 11 is 0. The largest absolute Gasteiger partial charge is 0.493 e. The second kappa shape index (κ2) is 8.89. The Kier molecular flexibility index (Phi) is 6.60. The summed E-state index contributed by atoms with van der Waals surface area (Å²) in [4.78, 5) is 25.2. The van der Waals surface area contributed by atoms with Gasteiger partial charge in [0.1, 0.15) is 0 Å². The van der Waals surface area contributed by atoms with Gasteiger partial charge in [-0.3, -0.25) is 9.59 Å². The van der Waals surface area contributed by atoms with E-state index in [1.807, 2.05) is 12.1 Å². The Morgan fingerprint density at radius 1 is 1.04 bits per heavy atom. The van der Waals surface area contributed by atoms with Gasteiger partial charge in [-0.05, 0) is 35.7 Å². The van der Waals surface area contributed by atoms with Crippen molar-refractivity contribution >= 4 is 11.8 Å². The third-order valence-electron chi connectivity index (χ3n) is 3.98. The van der Waals surface area contributed by atoms with Gasteiger partial charge in [0.25, 0.3) is 11.8 Å². The van der Waals surface area contributed by atoms with Crippen molar-refractivity contribution in [1.82, 2.24) is 4.90 Å². The first-order chi connectivity index (χ1) is 12.4. The average Bonchev–Trinajstić information content (AvgIpc) is 2.66. The van der Waals surface area contributed by atoms with Gasteiger partial charge in [0, 0.05) is 19.2 Å². The maximum absolute atomic E-state index is 12.7. The zero-order chi connectivity index (χ0) is 19.1. The number of nitrogens with zero attached hydrogens (tertiary/aromatic N) is 1. The summed E-state index contributed by atoms with van der Waals surface area (Å²) in [6, 6.07) is 13.0. The van der Waals surface area contributed by atoms with Gasteiger partial charge in [-0.1, -0.05) is 31.2 Å². The summed E-state index contributed by atoms with van der Waals surface area (Å²) in [5.74, 6) is 0.0174. The average molecular weight is 356 g/mol. The van der Waals surface area contributed by atoms with E-state index in [0.29, 0.717) is 23.6 Å². The highest BCUT2D eigenvalue weighted by atomic mass is 16.5. The summed E-state index contributed by atoms with van der Waals surface area (Å²) in [5, 5.41) is 0. The number of carbonyl (C=O) groups excluding carboxylic acids is 2. The van der Waals surface area contributed by atoms with E-state index in [1.165, 1.54) is 12.7 Å². The van der Waals surface area contributed by atoms with Crippen molar-refractivity contribution in [1.29, 1.82) is 0 Å². The Hall–Kier alpha value is -3.02. The molecule has 0 radical (unpaired) electrons. The topological polar surface area (TPSA) is 81.9 Å². The quantitative estimate of drug-likeness (QED) is 0.787. The van der Waals surface area contributed by atoms with E-state index >= 15 is 0 Å². The number of nitrogens with two attached hydrogens (primary N) is 1. The van der Waals surface area contributed by atoms with Crippen LogP contribution in [0.5, 0.6) is 11.5 Å². The molecule has 0 bridgehead atoms. The molecule has 2 aromatic rings. The number of carbonyl (C=O) groups is 2. The third-order valence-corrected chi connectivity index (χ3v) is 3.98. The molecule has 6 heteroatoms. The number of hydrogen-bond acceptors (Lipinski definition) is 4. The Morgan fingerprint density at radius 2 is 1.69 bits per heavy atom. The number of methoxy groups -OCH3 is 1. The van der Waals surface area contributed by atoms with Crippen LogP contribution in [0.1, 0.15) is 28.4 Å². The van der Waals surface area contributed by atoms with E-state index in [1.54, 1.807) is 30.1 Å². The summed E-state index contributed by atoms with van der Waals surface area (Å²) in [5.41, 5.74) is 7.87. The number of amides is 2. The Balaban J connectivity index is 2.10. The van der Waals surface area contributed by atoms with Crippen LogP contribution < -0.4 is 15.2 Å². The lowest BCUT2D eigenvalue weighted by molar-refractivity contribution is -0.119. The molecule has 2 N–H and O–H groups in total. The number of primary amides is 1. The van der Waals surface area contributed by atoms with Gasteiger partial charge in [0.05, 0.1) is 7.11 Å². The predicted molar refractivity (Wildman–Crippen MR) is 99.3 cm³/mol. The van der Waals surface area contributed by atoms with Crippen LogP contribution in [0, 0.1) is 0 Å². The fraction of sp³-hybridized carbons (Fsp3) is 0.300. The lowest BCUT2D eigenvalue weighted by atomic mass is 10.1. The second-order valence-corrected chi connectivity index (χ2v) is 5.95. The Bertz CT molecular complexity index is 772. The van der Waals surface area contributed by atoms with E-state index in [0.717, 1.165) is 12.0 Å². The fourth-order valence-electron chi connectivity index (χ4n) is 2.52. The van der Waals surface area contributed by atoms with Crippen LogP contribution >= 0.6 is 0 Å².